The average molecular weight is 315 g/mol. The fraction of sp³-hybridized carbons (Fsp3) is 0.769. The van der Waals surface area contributed by atoms with Gasteiger partial charge in [-0.3, -0.25) is 4.68 Å². The minimum absolute atomic E-state index is 0.0883. The van der Waals surface area contributed by atoms with Crippen LogP contribution >= 0.6 is 0 Å². The third-order valence-electron chi connectivity index (χ3n) is 4.10. The van der Waals surface area contributed by atoms with Crippen LogP contribution < -0.4 is 5.73 Å². The highest BCUT2D eigenvalue weighted by Gasteiger charge is 2.33. The van der Waals surface area contributed by atoms with E-state index in [-0.39, 0.29) is 10.7 Å². The molecule has 1 saturated heterocycles. The number of hydrogen-bond acceptors (Lipinski definition) is 5. The van der Waals surface area contributed by atoms with Crippen LogP contribution in [0.4, 0.5) is 5.82 Å². The molecule has 1 aliphatic heterocycles. The molecular weight excluding hydrogens is 290 g/mol. The van der Waals surface area contributed by atoms with Crippen molar-refractivity contribution in [2.24, 2.45) is 13.0 Å². The van der Waals surface area contributed by atoms with E-state index in [0.717, 1.165) is 19.4 Å². The molecule has 0 saturated carbocycles. The number of nitrogen functional groups attached to an aromatic ring is 1. The van der Waals surface area contributed by atoms with E-state index in [1.807, 2.05) is 14.1 Å². The molecule has 1 aromatic heterocycles. The molecule has 0 aliphatic carbocycles. The van der Waals surface area contributed by atoms with Crippen LogP contribution in [0.2, 0.25) is 0 Å². The molecule has 0 atom stereocenters. The van der Waals surface area contributed by atoms with Crippen LogP contribution in [0, 0.1) is 12.8 Å². The van der Waals surface area contributed by atoms with Gasteiger partial charge in [0.25, 0.3) is 0 Å². The van der Waals surface area contributed by atoms with Crippen LogP contribution in [0.1, 0.15) is 18.5 Å². The molecule has 2 rings (SSSR count). The van der Waals surface area contributed by atoms with Crippen LogP contribution in [-0.2, 0) is 17.1 Å². The molecule has 0 spiro atoms. The molecule has 0 radical (unpaired) electrons. The Morgan fingerprint density at radius 2 is 1.90 bits per heavy atom. The van der Waals surface area contributed by atoms with Crippen molar-refractivity contribution in [2.75, 3.05) is 39.5 Å². The number of rotatable bonds is 4. The van der Waals surface area contributed by atoms with Crippen LogP contribution in [-0.4, -0.2) is 61.1 Å². The number of anilines is 1. The van der Waals surface area contributed by atoms with Crippen molar-refractivity contribution >= 4 is 15.8 Å². The first-order valence-electron chi connectivity index (χ1n) is 7.17. The van der Waals surface area contributed by atoms with Gasteiger partial charge in [0, 0.05) is 26.7 Å². The summed E-state index contributed by atoms with van der Waals surface area (Å²) in [4.78, 5) is 2.31. The van der Waals surface area contributed by atoms with E-state index in [2.05, 4.69) is 10.00 Å². The molecule has 0 unspecified atom stereocenters. The zero-order valence-corrected chi connectivity index (χ0v) is 14.0. The van der Waals surface area contributed by atoms with Crippen molar-refractivity contribution in [2.45, 2.75) is 24.7 Å². The summed E-state index contributed by atoms with van der Waals surface area (Å²) in [5, 5.41) is 4.01. The maximum absolute atomic E-state index is 12.8. The normalized spacial score (nSPS) is 18.5. The number of nitrogens with zero attached hydrogens (tertiary/aromatic N) is 4. The van der Waals surface area contributed by atoms with Gasteiger partial charge < -0.3 is 10.6 Å². The molecule has 2 N–H and O–H groups in total. The van der Waals surface area contributed by atoms with Gasteiger partial charge in [0.1, 0.15) is 4.90 Å². The van der Waals surface area contributed by atoms with E-state index in [1.165, 1.54) is 4.68 Å². The molecule has 1 fully saturated rings. The van der Waals surface area contributed by atoms with Crippen molar-refractivity contribution in [1.82, 2.24) is 19.0 Å². The predicted molar refractivity (Wildman–Crippen MR) is 82.4 cm³/mol. The second-order valence-electron chi connectivity index (χ2n) is 6.03. The maximum atomic E-state index is 12.8. The summed E-state index contributed by atoms with van der Waals surface area (Å²) in [5.74, 6) is 0.643. The third kappa shape index (κ3) is 3.22. The molecule has 8 heteroatoms. The van der Waals surface area contributed by atoms with E-state index in [1.54, 1.807) is 18.3 Å². The van der Waals surface area contributed by atoms with Crippen molar-refractivity contribution in [1.29, 1.82) is 0 Å². The fourth-order valence-electron chi connectivity index (χ4n) is 2.91. The van der Waals surface area contributed by atoms with Crippen LogP contribution in [0.5, 0.6) is 0 Å². The third-order valence-corrected chi connectivity index (χ3v) is 6.16. The summed E-state index contributed by atoms with van der Waals surface area (Å²) >= 11 is 0. The summed E-state index contributed by atoms with van der Waals surface area (Å²) in [6, 6.07) is 0. The first kappa shape index (κ1) is 16.3. The Hall–Kier alpha value is -1.12. The Morgan fingerprint density at radius 3 is 2.33 bits per heavy atom. The average Bonchev–Trinajstić information content (AvgIpc) is 2.63. The number of aryl methyl sites for hydroxylation is 1. The minimum Gasteiger partial charge on any atom is -0.381 e. The molecule has 0 amide bonds. The van der Waals surface area contributed by atoms with E-state index in [4.69, 9.17) is 5.73 Å². The summed E-state index contributed by atoms with van der Waals surface area (Å²) in [7, 11) is 2.25. The Morgan fingerprint density at radius 1 is 1.33 bits per heavy atom. The van der Waals surface area contributed by atoms with Gasteiger partial charge in [0.2, 0.25) is 10.0 Å². The second kappa shape index (κ2) is 5.94. The molecule has 120 valence electrons. The highest BCUT2D eigenvalue weighted by atomic mass is 32.2. The zero-order valence-electron chi connectivity index (χ0n) is 13.2. The van der Waals surface area contributed by atoms with E-state index in [9.17, 15) is 8.42 Å². The minimum atomic E-state index is -3.54. The van der Waals surface area contributed by atoms with Crippen molar-refractivity contribution < 1.29 is 8.42 Å². The fourth-order valence-corrected chi connectivity index (χ4v) is 4.67. The number of nitrogens with two attached hydrogens (primary N) is 1. The monoisotopic (exact) mass is 315 g/mol. The molecular formula is C13H25N5O2S. The van der Waals surface area contributed by atoms with Crippen LogP contribution in [0.3, 0.4) is 0 Å². The van der Waals surface area contributed by atoms with Gasteiger partial charge >= 0.3 is 0 Å². The van der Waals surface area contributed by atoms with Crippen LogP contribution in [0.15, 0.2) is 4.90 Å². The molecule has 21 heavy (non-hydrogen) atoms. The first-order valence-corrected chi connectivity index (χ1v) is 8.61. The second-order valence-corrected chi connectivity index (χ2v) is 7.91. The molecule has 1 aliphatic rings. The highest BCUT2D eigenvalue weighted by molar-refractivity contribution is 7.89. The predicted octanol–water partition coefficient (Wildman–Crippen LogP) is 0.273. The number of aromatic nitrogens is 2. The van der Waals surface area contributed by atoms with Crippen molar-refractivity contribution in [3.63, 3.8) is 0 Å². The Balaban J connectivity index is 2.15. The highest BCUT2D eigenvalue weighted by Crippen LogP contribution is 2.28. The lowest BCUT2D eigenvalue weighted by atomic mass is 9.98. The van der Waals surface area contributed by atoms with E-state index < -0.39 is 10.0 Å². The molecule has 1 aromatic rings. The molecule has 0 bridgehead atoms. The van der Waals surface area contributed by atoms with Gasteiger partial charge in [0.05, 0.1) is 5.69 Å². The SMILES string of the molecule is Cc1c(S(=O)(=O)N2CCC(CN(C)C)CC2)c(N)nn1C. The number of sulfonamides is 1. The summed E-state index contributed by atoms with van der Waals surface area (Å²) < 4.78 is 28.6. The lowest BCUT2D eigenvalue weighted by molar-refractivity contribution is 0.225. The largest absolute Gasteiger partial charge is 0.381 e. The van der Waals surface area contributed by atoms with Gasteiger partial charge in [-0.1, -0.05) is 0 Å². The lowest BCUT2D eigenvalue weighted by Gasteiger charge is -2.32. The van der Waals surface area contributed by atoms with E-state index >= 15 is 0 Å². The number of piperidine rings is 1. The molecule has 0 aromatic carbocycles. The topological polar surface area (TPSA) is 84.5 Å². The van der Waals surface area contributed by atoms with Gasteiger partial charge in [-0.15, -0.1) is 0 Å². The van der Waals surface area contributed by atoms with Crippen LogP contribution in [0.25, 0.3) is 0 Å². The molecule has 2 heterocycles. The van der Waals surface area contributed by atoms with Crippen molar-refractivity contribution in [3.8, 4) is 0 Å². The quantitative estimate of drug-likeness (QED) is 0.862. The maximum Gasteiger partial charge on any atom is 0.248 e. The Kier molecular flexibility index (Phi) is 4.60. The summed E-state index contributed by atoms with van der Waals surface area (Å²) in [6.07, 6.45) is 1.77. The van der Waals surface area contributed by atoms with Gasteiger partial charge in [-0.05, 0) is 39.8 Å². The van der Waals surface area contributed by atoms with Gasteiger partial charge in [-0.2, -0.15) is 9.40 Å². The zero-order chi connectivity index (χ0) is 15.8. The lowest BCUT2D eigenvalue weighted by Crippen LogP contribution is -2.40. The summed E-state index contributed by atoms with van der Waals surface area (Å²) in [6.45, 7) is 3.83. The van der Waals surface area contributed by atoms with E-state index in [0.29, 0.717) is 24.7 Å². The standard InChI is InChI=1S/C13H25N5O2S/c1-10-12(13(14)15-17(10)4)21(19,20)18-7-5-11(6-8-18)9-16(2)3/h11H,5-9H2,1-4H3,(H2,14,15). The van der Waals surface area contributed by atoms with Gasteiger partial charge in [-0.25, -0.2) is 8.42 Å². The first-order chi connectivity index (χ1) is 9.73. The molecule has 7 nitrogen and oxygen atoms in total. The van der Waals surface area contributed by atoms with Gasteiger partial charge in [0.15, 0.2) is 5.82 Å². The smallest absolute Gasteiger partial charge is 0.248 e. The van der Waals surface area contributed by atoms with Crippen molar-refractivity contribution in [3.05, 3.63) is 5.69 Å². The Labute approximate surface area is 126 Å². The summed E-state index contributed by atoms with van der Waals surface area (Å²) in [5.41, 5.74) is 6.37. The Bertz CT molecular complexity index is 600. The number of hydrogen-bond donors (Lipinski definition) is 1.